The highest BCUT2D eigenvalue weighted by Gasteiger charge is 2.14. The summed E-state index contributed by atoms with van der Waals surface area (Å²) in [5, 5.41) is 3.33. The number of hydrogen-bond donors (Lipinski definition) is 1. The Hall–Kier alpha value is -1.94. The SMILES string of the molecule is COc1cc(Cl)c(C)cc1NC(=O)c1ccc(C)o1. The molecule has 1 aromatic carbocycles. The van der Waals surface area contributed by atoms with E-state index in [4.69, 9.17) is 20.8 Å². The number of hydrogen-bond acceptors (Lipinski definition) is 3. The fraction of sp³-hybridized carbons (Fsp3) is 0.214. The monoisotopic (exact) mass is 279 g/mol. The van der Waals surface area contributed by atoms with Crippen LogP contribution in [0.25, 0.3) is 0 Å². The lowest BCUT2D eigenvalue weighted by molar-refractivity contribution is 0.0995. The summed E-state index contributed by atoms with van der Waals surface area (Å²) in [6, 6.07) is 6.79. The second-order valence-corrected chi connectivity index (χ2v) is 4.57. The summed E-state index contributed by atoms with van der Waals surface area (Å²) in [7, 11) is 1.52. The van der Waals surface area contributed by atoms with Gasteiger partial charge in [0, 0.05) is 11.1 Å². The zero-order valence-corrected chi connectivity index (χ0v) is 11.7. The first-order valence-electron chi connectivity index (χ1n) is 5.73. The molecular formula is C14H14ClNO3. The summed E-state index contributed by atoms with van der Waals surface area (Å²) >= 11 is 6.01. The smallest absolute Gasteiger partial charge is 0.291 e. The lowest BCUT2D eigenvalue weighted by Crippen LogP contribution is -2.12. The van der Waals surface area contributed by atoms with E-state index >= 15 is 0 Å². The molecule has 0 bridgehead atoms. The number of rotatable bonds is 3. The molecule has 19 heavy (non-hydrogen) atoms. The van der Waals surface area contributed by atoms with E-state index in [9.17, 15) is 4.79 Å². The van der Waals surface area contributed by atoms with Crippen LogP contribution < -0.4 is 10.1 Å². The lowest BCUT2D eigenvalue weighted by atomic mass is 10.2. The molecule has 2 rings (SSSR count). The van der Waals surface area contributed by atoms with Crippen molar-refractivity contribution in [3.05, 3.63) is 46.4 Å². The first kappa shape index (κ1) is 13.5. The van der Waals surface area contributed by atoms with Crippen molar-refractivity contribution < 1.29 is 13.9 Å². The Labute approximate surface area is 116 Å². The van der Waals surface area contributed by atoms with E-state index in [1.807, 2.05) is 6.92 Å². The van der Waals surface area contributed by atoms with Gasteiger partial charge in [0.1, 0.15) is 11.5 Å². The van der Waals surface area contributed by atoms with Gasteiger partial charge in [-0.15, -0.1) is 0 Å². The minimum absolute atomic E-state index is 0.257. The third-order valence-electron chi connectivity index (χ3n) is 2.69. The number of benzene rings is 1. The average Bonchev–Trinajstić information content (AvgIpc) is 2.80. The van der Waals surface area contributed by atoms with Gasteiger partial charge in [-0.2, -0.15) is 0 Å². The lowest BCUT2D eigenvalue weighted by Gasteiger charge is -2.11. The van der Waals surface area contributed by atoms with Gasteiger partial charge in [0.2, 0.25) is 0 Å². The number of furan rings is 1. The first-order chi connectivity index (χ1) is 9.01. The minimum Gasteiger partial charge on any atom is -0.495 e. The Morgan fingerprint density at radius 3 is 2.63 bits per heavy atom. The Balaban J connectivity index is 2.28. The molecule has 4 nitrogen and oxygen atoms in total. The van der Waals surface area contributed by atoms with Gasteiger partial charge in [0.25, 0.3) is 5.91 Å². The highest BCUT2D eigenvalue weighted by atomic mass is 35.5. The number of halogens is 1. The molecule has 1 heterocycles. The van der Waals surface area contributed by atoms with Crippen LogP contribution in [-0.4, -0.2) is 13.0 Å². The van der Waals surface area contributed by atoms with E-state index in [2.05, 4.69) is 5.32 Å². The molecule has 5 heteroatoms. The maximum Gasteiger partial charge on any atom is 0.291 e. The Morgan fingerprint density at radius 2 is 2.05 bits per heavy atom. The van der Waals surface area contributed by atoms with Crippen molar-refractivity contribution in [3.8, 4) is 5.75 Å². The molecule has 100 valence electrons. The van der Waals surface area contributed by atoms with Crippen molar-refractivity contribution in [1.29, 1.82) is 0 Å². The van der Waals surface area contributed by atoms with Gasteiger partial charge in [-0.05, 0) is 37.6 Å². The van der Waals surface area contributed by atoms with E-state index in [1.165, 1.54) is 7.11 Å². The van der Waals surface area contributed by atoms with Crippen LogP contribution in [0.15, 0.2) is 28.7 Å². The standard InChI is InChI=1S/C14H14ClNO3/c1-8-6-11(13(18-3)7-10(8)15)16-14(17)12-5-4-9(2)19-12/h4-7H,1-3H3,(H,16,17). The van der Waals surface area contributed by atoms with Crippen molar-refractivity contribution in [2.75, 3.05) is 12.4 Å². The quantitative estimate of drug-likeness (QED) is 0.929. The van der Waals surface area contributed by atoms with Gasteiger partial charge >= 0.3 is 0 Å². The predicted octanol–water partition coefficient (Wildman–Crippen LogP) is 3.81. The van der Waals surface area contributed by atoms with E-state index in [1.54, 1.807) is 31.2 Å². The van der Waals surface area contributed by atoms with Crippen LogP contribution in [0.5, 0.6) is 5.75 Å². The zero-order valence-electron chi connectivity index (χ0n) is 10.9. The average molecular weight is 280 g/mol. The second kappa shape index (κ2) is 5.36. The summed E-state index contributed by atoms with van der Waals surface area (Å²) in [5.41, 5.74) is 1.41. The van der Waals surface area contributed by atoms with Crippen LogP contribution in [0, 0.1) is 13.8 Å². The molecule has 0 atom stereocenters. The predicted molar refractivity (Wildman–Crippen MR) is 74.1 cm³/mol. The van der Waals surface area contributed by atoms with Gasteiger partial charge in [-0.1, -0.05) is 11.6 Å². The van der Waals surface area contributed by atoms with Gasteiger partial charge in [-0.25, -0.2) is 0 Å². The maximum atomic E-state index is 12.0. The molecule has 0 unspecified atom stereocenters. The summed E-state index contributed by atoms with van der Waals surface area (Å²) in [5.74, 6) is 1.12. The first-order valence-corrected chi connectivity index (χ1v) is 6.11. The summed E-state index contributed by atoms with van der Waals surface area (Å²) in [6.45, 7) is 3.64. The fourth-order valence-electron chi connectivity index (χ4n) is 1.67. The molecule has 2 aromatic rings. The molecule has 1 aromatic heterocycles. The van der Waals surface area contributed by atoms with Gasteiger partial charge in [0.05, 0.1) is 12.8 Å². The summed E-state index contributed by atoms with van der Waals surface area (Å²) in [4.78, 5) is 12.0. The van der Waals surface area contributed by atoms with E-state index < -0.39 is 0 Å². The summed E-state index contributed by atoms with van der Waals surface area (Å²) < 4.78 is 10.5. The largest absolute Gasteiger partial charge is 0.495 e. The van der Waals surface area contributed by atoms with Crippen LogP contribution >= 0.6 is 11.6 Å². The highest BCUT2D eigenvalue weighted by molar-refractivity contribution is 6.31. The molecule has 0 fully saturated rings. The number of ether oxygens (including phenoxy) is 1. The highest BCUT2D eigenvalue weighted by Crippen LogP contribution is 2.31. The topological polar surface area (TPSA) is 51.5 Å². The minimum atomic E-state index is -0.326. The molecular weight excluding hydrogens is 266 g/mol. The number of nitrogens with one attached hydrogen (secondary N) is 1. The fourth-order valence-corrected chi connectivity index (χ4v) is 1.82. The molecule has 0 saturated carbocycles. The van der Waals surface area contributed by atoms with Crippen LogP contribution in [0.2, 0.25) is 5.02 Å². The molecule has 0 radical (unpaired) electrons. The second-order valence-electron chi connectivity index (χ2n) is 4.17. The number of aryl methyl sites for hydroxylation is 2. The van der Waals surface area contributed by atoms with E-state index in [0.717, 1.165) is 5.56 Å². The van der Waals surface area contributed by atoms with Gasteiger partial charge in [-0.3, -0.25) is 4.79 Å². The number of amides is 1. The Morgan fingerprint density at radius 1 is 1.32 bits per heavy atom. The zero-order chi connectivity index (χ0) is 14.0. The van der Waals surface area contributed by atoms with E-state index in [-0.39, 0.29) is 11.7 Å². The van der Waals surface area contributed by atoms with Crippen LogP contribution in [0.1, 0.15) is 21.9 Å². The van der Waals surface area contributed by atoms with Gasteiger partial charge in [0.15, 0.2) is 5.76 Å². The van der Waals surface area contributed by atoms with Crippen molar-refractivity contribution in [3.63, 3.8) is 0 Å². The Kier molecular flexibility index (Phi) is 3.81. The number of methoxy groups -OCH3 is 1. The van der Waals surface area contributed by atoms with Gasteiger partial charge < -0.3 is 14.5 Å². The Bertz CT molecular complexity index is 619. The molecule has 0 aliphatic heterocycles. The summed E-state index contributed by atoms with van der Waals surface area (Å²) in [6.07, 6.45) is 0. The number of anilines is 1. The molecule has 0 saturated heterocycles. The van der Waals surface area contributed by atoms with Crippen molar-refractivity contribution in [2.24, 2.45) is 0 Å². The molecule has 0 aliphatic carbocycles. The van der Waals surface area contributed by atoms with Crippen molar-refractivity contribution >= 4 is 23.2 Å². The van der Waals surface area contributed by atoms with Crippen molar-refractivity contribution in [1.82, 2.24) is 0 Å². The molecule has 0 aliphatic rings. The van der Waals surface area contributed by atoms with Crippen LogP contribution in [0.4, 0.5) is 5.69 Å². The third-order valence-corrected chi connectivity index (χ3v) is 3.10. The molecule has 1 amide bonds. The van der Waals surface area contributed by atoms with Crippen LogP contribution in [0.3, 0.4) is 0 Å². The van der Waals surface area contributed by atoms with Crippen LogP contribution in [-0.2, 0) is 0 Å². The van der Waals surface area contributed by atoms with Crippen molar-refractivity contribution in [2.45, 2.75) is 13.8 Å². The number of carbonyl (C=O) groups is 1. The van der Waals surface area contributed by atoms with E-state index in [0.29, 0.717) is 22.2 Å². The number of carbonyl (C=O) groups excluding carboxylic acids is 1. The maximum absolute atomic E-state index is 12.0. The molecule has 1 N–H and O–H groups in total. The third kappa shape index (κ3) is 2.90. The molecule has 0 spiro atoms. The normalized spacial score (nSPS) is 10.3.